The number of carbonyl (C=O) groups excluding carboxylic acids is 1. The molecule has 0 bridgehead atoms. The summed E-state index contributed by atoms with van der Waals surface area (Å²) in [6, 6.07) is 10.9. The van der Waals surface area contributed by atoms with Crippen molar-refractivity contribution in [2.75, 3.05) is 11.1 Å². The standard InChI is InChI=1S/C22H15ClF3N5O2S/c23-13-4-6-15(7-5-13)31-19-17(10-27-31)20(33)30-16(11-34-21(30)29-19)9-18(32)28-14-3-1-2-12(8-14)22(24,25)26/h1-8,10,16H,9,11H2,(H,28,32). The second-order valence-electron chi connectivity index (χ2n) is 7.64. The number of nitrogens with zero attached hydrogens (tertiary/aromatic N) is 4. The summed E-state index contributed by atoms with van der Waals surface area (Å²) >= 11 is 7.27. The molecular weight excluding hydrogens is 491 g/mol. The normalized spacial score (nSPS) is 15.5. The third-order valence-corrected chi connectivity index (χ3v) is 6.69. The van der Waals surface area contributed by atoms with E-state index in [1.54, 1.807) is 28.9 Å². The van der Waals surface area contributed by atoms with Crippen LogP contribution in [0.5, 0.6) is 0 Å². The van der Waals surface area contributed by atoms with Gasteiger partial charge in [0.05, 0.1) is 23.5 Å². The number of rotatable bonds is 4. The molecule has 34 heavy (non-hydrogen) atoms. The Hall–Kier alpha value is -3.31. The summed E-state index contributed by atoms with van der Waals surface area (Å²) < 4.78 is 41.8. The van der Waals surface area contributed by atoms with Gasteiger partial charge in [-0.2, -0.15) is 18.3 Å². The highest BCUT2D eigenvalue weighted by molar-refractivity contribution is 7.99. The lowest BCUT2D eigenvalue weighted by atomic mass is 10.1. The van der Waals surface area contributed by atoms with E-state index < -0.39 is 23.7 Å². The quantitative estimate of drug-likeness (QED) is 0.398. The number of amides is 1. The van der Waals surface area contributed by atoms with Crippen molar-refractivity contribution in [3.05, 3.63) is 75.7 Å². The first-order valence-electron chi connectivity index (χ1n) is 10.1. The van der Waals surface area contributed by atoms with Crippen LogP contribution < -0.4 is 10.9 Å². The van der Waals surface area contributed by atoms with E-state index in [2.05, 4.69) is 15.4 Å². The van der Waals surface area contributed by atoms with Gasteiger partial charge in [0.1, 0.15) is 5.39 Å². The molecule has 1 aliphatic heterocycles. The van der Waals surface area contributed by atoms with Crippen LogP contribution in [0.15, 0.2) is 64.7 Å². The number of fused-ring (bicyclic) bond motifs is 2. The second kappa shape index (κ2) is 8.48. The van der Waals surface area contributed by atoms with Crippen molar-refractivity contribution in [2.24, 2.45) is 0 Å². The van der Waals surface area contributed by atoms with Gasteiger partial charge in [-0.25, -0.2) is 9.67 Å². The van der Waals surface area contributed by atoms with Crippen molar-refractivity contribution in [1.29, 1.82) is 0 Å². The fourth-order valence-corrected chi connectivity index (χ4v) is 5.01. The van der Waals surface area contributed by atoms with Gasteiger partial charge in [-0.05, 0) is 42.5 Å². The number of carbonyl (C=O) groups is 1. The van der Waals surface area contributed by atoms with Gasteiger partial charge in [0, 0.05) is 22.9 Å². The smallest absolute Gasteiger partial charge is 0.326 e. The minimum absolute atomic E-state index is 0.0378. The van der Waals surface area contributed by atoms with Gasteiger partial charge in [-0.3, -0.25) is 14.2 Å². The molecule has 5 rings (SSSR count). The monoisotopic (exact) mass is 505 g/mol. The summed E-state index contributed by atoms with van der Waals surface area (Å²) in [4.78, 5) is 30.4. The summed E-state index contributed by atoms with van der Waals surface area (Å²) in [7, 11) is 0. The number of alkyl halides is 3. The molecule has 12 heteroatoms. The van der Waals surface area contributed by atoms with E-state index >= 15 is 0 Å². The number of thioether (sulfide) groups is 1. The zero-order chi connectivity index (χ0) is 24.0. The van der Waals surface area contributed by atoms with E-state index in [1.165, 1.54) is 34.7 Å². The maximum Gasteiger partial charge on any atom is 0.416 e. The van der Waals surface area contributed by atoms with E-state index in [-0.39, 0.29) is 17.7 Å². The van der Waals surface area contributed by atoms with Crippen LogP contribution in [0, 0.1) is 0 Å². The van der Waals surface area contributed by atoms with Crippen LogP contribution in [0.3, 0.4) is 0 Å². The van der Waals surface area contributed by atoms with E-state index in [1.807, 2.05) is 0 Å². The SMILES string of the molecule is O=C(CC1CSc2nc3c(cnn3-c3ccc(Cl)cc3)c(=O)n21)Nc1cccc(C(F)(F)F)c1. The van der Waals surface area contributed by atoms with Crippen LogP contribution in [-0.2, 0) is 11.0 Å². The highest BCUT2D eigenvalue weighted by Gasteiger charge is 2.32. The number of aromatic nitrogens is 4. The Kier molecular flexibility index (Phi) is 5.61. The number of nitrogens with one attached hydrogen (secondary N) is 1. The van der Waals surface area contributed by atoms with Crippen LogP contribution >= 0.6 is 23.4 Å². The molecule has 174 valence electrons. The Morgan fingerprint density at radius 3 is 2.71 bits per heavy atom. The predicted octanol–water partition coefficient (Wildman–Crippen LogP) is 4.93. The number of benzene rings is 2. The fraction of sp³-hybridized carbons (Fsp3) is 0.182. The molecule has 1 aliphatic rings. The van der Waals surface area contributed by atoms with Gasteiger partial charge in [0.2, 0.25) is 5.91 Å². The maximum atomic E-state index is 13.2. The van der Waals surface area contributed by atoms with Gasteiger partial charge in [-0.15, -0.1) is 0 Å². The Balaban J connectivity index is 1.40. The molecule has 1 unspecified atom stereocenters. The van der Waals surface area contributed by atoms with Gasteiger partial charge >= 0.3 is 6.18 Å². The first-order valence-corrected chi connectivity index (χ1v) is 11.4. The van der Waals surface area contributed by atoms with E-state index in [0.717, 1.165) is 12.1 Å². The Morgan fingerprint density at radius 2 is 1.97 bits per heavy atom. The Morgan fingerprint density at radius 1 is 1.21 bits per heavy atom. The van der Waals surface area contributed by atoms with Crippen molar-refractivity contribution in [1.82, 2.24) is 19.3 Å². The first kappa shape index (κ1) is 22.5. The zero-order valence-corrected chi connectivity index (χ0v) is 18.8. The summed E-state index contributed by atoms with van der Waals surface area (Å²) in [6.07, 6.45) is -3.17. The number of halogens is 4. The molecule has 0 saturated heterocycles. The molecule has 1 N–H and O–H groups in total. The lowest BCUT2D eigenvalue weighted by Crippen LogP contribution is -2.27. The lowest BCUT2D eigenvalue weighted by Gasteiger charge is -2.14. The zero-order valence-electron chi connectivity index (χ0n) is 17.2. The molecule has 0 aliphatic carbocycles. The predicted molar refractivity (Wildman–Crippen MR) is 123 cm³/mol. The molecule has 0 radical (unpaired) electrons. The van der Waals surface area contributed by atoms with E-state index in [0.29, 0.717) is 32.7 Å². The summed E-state index contributed by atoms with van der Waals surface area (Å²) in [5.74, 6) is -0.0687. The molecule has 2 aromatic heterocycles. The molecular formula is C22H15ClF3N5O2S. The van der Waals surface area contributed by atoms with Crippen LogP contribution in [0.2, 0.25) is 5.02 Å². The fourth-order valence-electron chi connectivity index (χ4n) is 3.75. The van der Waals surface area contributed by atoms with Crippen LogP contribution in [0.1, 0.15) is 18.0 Å². The minimum atomic E-state index is -4.51. The second-order valence-corrected chi connectivity index (χ2v) is 9.06. The van der Waals surface area contributed by atoms with Crippen molar-refractivity contribution in [2.45, 2.75) is 23.8 Å². The van der Waals surface area contributed by atoms with Crippen molar-refractivity contribution in [3.8, 4) is 5.69 Å². The minimum Gasteiger partial charge on any atom is -0.326 e. The lowest BCUT2D eigenvalue weighted by molar-refractivity contribution is -0.137. The van der Waals surface area contributed by atoms with E-state index in [4.69, 9.17) is 11.6 Å². The van der Waals surface area contributed by atoms with Crippen molar-refractivity contribution >= 4 is 46.0 Å². The topological polar surface area (TPSA) is 81.8 Å². The summed E-state index contributed by atoms with van der Waals surface area (Å²) in [5, 5.41) is 8.08. The molecule has 3 heterocycles. The molecule has 0 fully saturated rings. The maximum absolute atomic E-state index is 13.2. The average molecular weight is 506 g/mol. The summed E-state index contributed by atoms with van der Waals surface area (Å²) in [6.45, 7) is 0. The Bertz CT molecular complexity index is 1470. The van der Waals surface area contributed by atoms with Crippen LogP contribution in [0.25, 0.3) is 16.7 Å². The molecule has 4 aromatic rings. The van der Waals surface area contributed by atoms with Gasteiger partial charge in [0.25, 0.3) is 5.56 Å². The number of hydrogen-bond acceptors (Lipinski definition) is 5. The van der Waals surface area contributed by atoms with Gasteiger partial charge in [0.15, 0.2) is 10.8 Å². The van der Waals surface area contributed by atoms with Gasteiger partial charge < -0.3 is 5.32 Å². The first-order chi connectivity index (χ1) is 16.2. The van der Waals surface area contributed by atoms with Gasteiger partial charge in [-0.1, -0.05) is 29.4 Å². The highest BCUT2D eigenvalue weighted by Crippen LogP contribution is 2.34. The molecule has 1 atom stereocenters. The number of anilines is 1. The van der Waals surface area contributed by atoms with E-state index in [9.17, 15) is 22.8 Å². The third-order valence-electron chi connectivity index (χ3n) is 5.34. The summed E-state index contributed by atoms with van der Waals surface area (Å²) in [5.41, 5.74) is -0.0677. The molecule has 0 spiro atoms. The van der Waals surface area contributed by atoms with Crippen molar-refractivity contribution < 1.29 is 18.0 Å². The molecule has 0 saturated carbocycles. The Labute approximate surface area is 199 Å². The largest absolute Gasteiger partial charge is 0.416 e. The molecule has 1 amide bonds. The molecule has 7 nitrogen and oxygen atoms in total. The third kappa shape index (κ3) is 4.16. The average Bonchev–Trinajstić information content (AvgIpc) is 3.39. The molecule has 2 aromatic carbocycles. The van der Waals surface area contributed by atoms with Crippen LogP contribution in [0.4, 0.5) is 18.9 Å². The number of hydrogen-bond donors (Lipinski definition) is 1. The van der Waals surface area contributed by atoms with Crippen LogP contribution in [-0.4, -0.2) is 31.0 Å². The van der Waals surface area contributed by atoms with Crippen molar-refractivity contribution in [3.63, 3.8) is 0 Å². The highest BCUT2D eigenvalue weighted by atomic mass is 35.5.